The van der Waals surface area contributed by atoms with Gasteiger partial charge in [0, 0.05) is 23.5 Å². The largest absolute Gasteiger partial charge is 0.480 e. The lowest BCUT2D eigenvalue weighted by atomic mass is 10.1. The topological polar surface area (TPSA) is 121 Å². The number of H-pyrrole nitrogens is 1. The van der Waals surface area contributed by atoms with Crippen LogP contribution in [0.25, 0.3) is 22.4 Å². The van der Waals surface area contributed by atoms with Crippen molar-refractivity contribution >= 4 is 34.5 Å². The van der Waals surface area contributed by atoms with Gasteiger partial charge in [0.2, 0.25) is 5.91 Å². The van der Waals surface area contributed by atoms with E-state index in [0.29, 0.717) is 0 Å². The number of nitrogens with zero attached hydrogens (tertiary/aromatic N) is 2. The number of carbonyl (C=O) groups excluding carboxylic acids is 1. The van der Waals surface area contributed by atoms with E-state index in [4.69, 9.17) is 4.42 Å². The molecule has 0 unspecified atom stereocenters. The van der Waals surface area contributed by atoms with E-state index in [1.807, 2.05) is 24.3 Å². The van der Waals surface area contributed by atoms with Crippen LogP contribution in [0.1, 0.15) is 5.56 Å². The number of benzene rings is 2. The van der Waals surface area contributed by atoms with Gasteiger partial charge in [-0.2, -0.15) is 0 Å². The maximum absolute atomic E-state index is 13.8. The minimum absolute atomic E-state index is 0.00348. The Hall–Kier alpha value is -3.66. The van der Waals surface area contributed by atoms with Gasteiger partial charge in [-0.3, -0.25) is 4.79 Å². The van der Waals surface area contributed by atoms with Crippen LogP contribution in [0.15, 0.2) is 64.4 Å². The molecule has 0 radical (unpaired) electrons. The van der Waals surface area contributed by atoms with Crippen molar-refractivity contribution in [2.45, 2.75) is 17.7 Å². The second-order valence-electron chi connectivity index (χ2n) is 6.66. The van der Waals surface area contributed by atoms with Gasteiger partial charge in [-0.25, -0.2) is 9.18 Å². The highest BCUT2D eigenvalue weighted by Crippen LogP contribution is 2.25. The maximum atomic E-state index is 13.8. The van der Waals surface area contributed by atoms with E-state index in [9.17, 15) is 19.1 Å². The molecule has 0 fully saturated rings. The van der Waals surface area contributed by atoms with Crippen LogP contribution in [0, 0.1) is 5.82 Å². The minimum atomic E-state index is -1.14. The lowest BCUT2D eigenvalue weighted by Crippen LogP contribution is -2.43. The number of halogens is 1. The average Bonchev–Trinajstić information content (AvgIpc) is 3.39. The maximum Gasteiger partial charge on any atom is 0.326 e. The summed E-state index contributed by atoms with van der Waals surface area (Å²) in [7, 11) is 0. The first-order valence-corrected chi connectivity index (χ1v) is 10.3. The van der Waals surface area contributed by atoms with E-state index in [1.165, 1.54) is 12.1 Å². The van der Waals surface area contributed by atoms with Gasteiger partial charge in [0.15, 0.2) is 0 Å². The zero-order valence-corrected chi connectivity index (χ0v) is 16.9. The summed E-state index contributed by atoms with van der Waals surface area (Å²) in [6.45, 7) is 0. The molecule has 0 spiro atoms. The molecule has 2 heterocycles. The monoisotopic (exact) mass is 440 g/mol. The van der Waals surface area contributed by atoms with Crippen molar-refractivity contribution in [1.29, 1.82) is 0 Å². The lowest BCUT2D eigenvalue weighted by Gasteiger charge is -2.13. The van der Waals surface area contributed by atoms with Crippen molar-refractivity contribution in [3.05, 3.63) is 66.1 Å². The van der Waals surface area contributed by atoms with Crippen LogP contribution in [0.5, 0.6) is 0 Å². The van der Waals surface area contributed by atoms with Gasteiger partial charge in [0.25, 0.3) is 11.1 Å². The summed E-state index contributed by atoms with van der Waals surface area (Å²) < 4.78 is 19.2. The molecule has 2 aromatic carbocycles. The fourth-order valence-electron chi connectivity index (χ4n) is 3.10. The highest BCUT2D eigenvalue weighted by atomic mass is 32.2. The van der Waals surface area contributed by atoms with Crippen molar-refractivity contribution in [1.82, 2.24) is 20.5 Å². The molecule has 31 heavy (non-hydrogen) atoms. The van der Waals surface area contributed by atoms with Crippen molar-refractivity contribution < 1.29 is 23.5 Å². The van der Waals surface area contributed by atoms with Gasteiger partial charge in [-0.15, -0.1) is 10.2 Å². The van der Waals surface area contributed by atoms with E-state index < -0.39 is 23.7 Å². The summed E-state index contributed by atoms with van der Waals surface area (Å²) in [5.74, 6) is -2.26. The summed E-state index contributed by atoms with van der Waals surface area (Å²) in [5.41, 5.74) is 1.85. The molecule has 1 amide bonds. The Morgan fingerprint density at radius 1 is 1.16 bits per heavy atom. The van der Waals surface area contributed by atoms with Crippen molar-refractivity contribution in [2.24, 2.45) is 0 Å². The summed E-state index contributed by atoms with van der Waals surface area (Å²) in [5, 5.41) is 20.6. The van der Waals surface area contributed by atoms with Gasteiger partial charge < -0.3 is 19.8 Å². The third-order valence-electron chi connectivity index (χ3n) is 4.57. The number of hydrogen-bond donors (Lipinski definition) is 3. The number of hydrogen-bond acceptors (Lipinski definition) is 6. The fraction of sp³-hybridized carbons (Fsp3) is 0.143. The van der Waals surface area contributed by atoms with Gasteiger partial charge in [0.1, 0.15) is 11.9 Å². The highest BCUT2D eigenvalue weighted by Gasteiger charge is 2.22. The summed E-state index contributed by atoms with van der Waals surface area (Å²) >= 11 is 0.940. The van der Waals surface area contributed by atoms with Crippen LogP contribution in [0.2, 0.25) is 0 Å². The molecule has 0 aliphatic heterocycles. The first-order chi connectivity index (χ1) is 15.0. The highest BCUT2D eigenvalue weighted by molar-refractivity contribution is 7.99. The first kappa shape index (κ1) is 20.6. The molecule has 4 aromatic rings. The second-order valence-corrected chi connectivity index (χ2v) is 7.59. The van der Waals surface area contributed by atoms with Crippen LogP contribution in [0.3, 0.4) is 0 Å². The Labute approximate surface area is 179 Å². The molecule has 0 bridgehead atoms. The van der Waals surface area contributed by atoms with Crippen LogP contribution >= 0.6 is 11.8 Å². The van der Waals surface area contributed by atoms with Gasteiger partial charge in [-0.1, -0.05) is 42.1 Å². The Bertz CT molecular complexity index is 1240. The molecule has 8 nitrogen and oxygen atoms in total. The SMILES string of the molecule is O=C(CSc1nnc(-c2ccccc2F)o1)N[C@@H](Cc1c[nH]c2ccccc12)C(=O)O. The molecule has 0 aliphatic carbocycles. The number of rotatable bonds is 8. The zero-order valence-electron chi connectivity index (χ0n) is 16.0. The molecular weight excluding hydrogens is 423 g/mol. The van der Waals surface area contributed by atoms with E-state index >= 15 is 0 Å². The Kier molecular flexibility index (Phi) is 5.99. The van der Waals surface area contributed by atoms with Crippen molar-refractivity contribution in [2.75, 3.05) is 5.75 Å². The first-order valence-electron chi connectivity index (χ1n) is 9.29. The predicted molar refractivity (Wildman–Crippen MR) is 112 cm³/mol. The molecule has 1 atom stereocenters. The van der Waals surface area contributed by atoms with E-state index in [1.54, 1.807) is 18.3 Å². The average molecular weight is 440 g/mol. The third kappa shape index (κ3) is 4.75. The summed E-state index contributed by atoms with van der Waals surface area (Å²) in [4.78, 5) is 27.0. The second kappa shape index (κ2) is 9.00. The number of nitrogens with one attached hydrogen (secondary N) is 2. The molecule has 158 valence electrons. The molecule has 0 saturated heterocycles. The number of aromatic nitrogens is 3. The van der Waals surface area contributed by atoms with E-state index in [2.05, 4.69) is 20.5 Å². The number of aliphatic carboxylic acids is 1. The molecule has 2 aromatic heterocycles. The predicted octanol–water partition coefficient (Wildman–Crippen LogP) is 3.26. The lowest BCUT2D eigenvalue weighted by molar-refractivity contribution is -0.141. The van der Waals surface area contributed by atoms with E-state index in [-0.39, 0.29) is 28.9 Å². The summed E-state index contributed by atoms with van der Waals surface area (Å²) in [6, 6.07) is 12.4. The van der Waals surface area contributed by atoms with Crippen molar-refractivity contribution in [3.8, 4) is 11.5 Å². The molecule has 3 N–H and O–H groups in total. The quantitative estimate of drug-likeness (QED) is 0.360. The number of carboxylic acid groups (broad SMARTS) is 1. The molecule has 0 saturated carbocycles. The number of aromatic amines is 1. The van der Waals surface area contributed by atoms with Gasteiger partial charge >= 0.3 is 5.97 Å². The normalized spacial score (nSPS) is 12.0. The minimum Gasteiger partial charge on any atom is -0.480 e. The number of thioether (sulfide) groups is 1. The van der Waals surface area contributed by atoms with Crippen LogP contribution in [-0.4, -0.2) is 44.0 Å². The van der Waals surface area contributed by atoms with Crippen LogP contribution < -0.4 is 5.32 Å². The van der Waals surface area contributed by atoms with Crippen molar-refractivity contribution in [3.63, 3.8) is 0 Å². The molecular formula is C21H17FN4O4S. The molecule has 4 rings (SSSR count). The number of para-hydroxylation sites is 1. The Morgan fingerprint density at radius 2 is 1.94 bits per heavy atom. The van der Waals surface area contributed by atoms with Gasteiger partial charge in [-0.05, 0) is 23.8 Å². The standard InChI is InChI=1S/C21H17FN4O4S/c22-15-7-3-1-6-14(15)19-25-26-21(30-19)31-11-18(27)24-17(20(28)29)9-12-10-23-16-8-4-2-5-13(12)16/h1-8,10,17,23H,9,11H2,(H,24,27)(H,28,29)/t17-/m0/s1. The Balaban J connectivity index is 1.37. The van der Waals surface area contributed by atoms with Crippen LogP contribution in [-0.2, 0) is 16.0 Å². The van der Waals surface area contributed by atoms with Gasteiger partial charge in [0.05, 0.1) is 11.3 Å². The smallest absolute Gasteiger partial charge is 0.326 e. The molecule has 10 heteroatoms. The fourth-order valence-corrected chi connectivity index (χ4v) is 3.67. The van der Waals surface area contributed by atoms with E-state index in [0.717, 1.165) is 28.2 Å². The summed E-state index contributed by atoms with van der Waals surface area (Å²) in [6.07, 6.45) is 1.87. The third-order valence-corrected chi connectivity index (χ3v) is 5.39. The van der Waals surface area contributed by atoms with Crippen LogP contribution in [0.4, 0.5) is 4.39 Å². The Morgan fingerprint density at radius 3 is 2.74 bits per heavy atom. The molecule has 0 aliphatic rings. The number of fused-ring (bicyclic) bond motifs is 1. The zero-order chi connectivity index (χ0) is 21.8. The number of carbonyl (C=O) groups is 2. The number of amides is 1. The number of carboxylic acids is 1.